The van der Waals surface area contributed by atoms with E-state index < -0.39 is 30.3 Å². The summed E-state index contributed by atoms with van der Waals surface area (Å²) in [4.78, 5) is 24.1. The number of carbonyl (C=O) groups is 2. The molecule has 0 aromatic heterocycles. The van der Waals surface area contributed by atoms with Gasteiger partial charge in [0.05, 0.1) is 6.10 Å². The Morgan fingerprint density at radius 1 is 1.40 bits per heavy atom. The summed E-state index contributed by atoms with van der Waals surface area (Å²) in [5.74, 6) is -1.09. The van der Waals surface area contributed by atoms with Crippen molar-refractivity contribution >= 4 is 11.9 Å². The van der Waals surface area contributed by atoms with Crippen LogP contribution >= 0.6 is 0 Å². The second-order valence-corrected chi connectivity index (χ2v) is 6.80. The summed E-state index contributed by atoms with van der Waals surface area (Å²) in [6.07, 6.45) is 4.39. The highest BCUT2D eigenvalue weighted by Crippen LogP contribution is 2.35. The number of aliphatic hydroxyl groups is 1. The molecule has 5 nitrogen and oxygen atoms in total. The molecule has 0 unspecified atom stereocenters. The van der Waals surface area contributed by atoms with E-state index in [9.17, 15) is 14.7 Å². The number of rotatable bonds is 2. The van der Waals surface area contributed by atoms with Gasteiger partial charge in [-0.25, -0.2) is 9.59 Å². The minimum absolute atomic E-state index is 0.259. The molecule has 1 aliphatic heterocycles. The van der Waals surface area contributed by atoms with E-state index in [0.717, 1.165) is 11.1 Å². The number of esters is 2. The van der Waals surface area contributed by atoms with Crippen molar-refractivity contribution in [3.8, 4) is 0 Å². The van der Waals surface area contributed by atoms with Crippen LogP contribution in [0, 0.1) is 5.92 Å². The van der Waals surface area contributed by atoms with Crippen LogP contribution in [-0.2, 0) is 19.1 Å². The van der Waals surface area contributed by atoms with E-state index in [1.807, 2.05) is 19.9 Å². The molecule has 0 aromatic carbocycles. The molecule has 136 valence electrons. The van der Waals surface area contributed by atoms with E-state index in [1.54, 1.807) is 26.0 Å². The Hall–Kier alpha value is -2.14. The maximum atomic E-state index is 12.2. The van der Waals surface area contributed by atoms with Crippen molar-refractivity contribution in [2.75, 3.05) is 0 Å². The number of allylic oxidation sites excluding steroid dienone is 1. The topological polar surface area (TPSA) is 72.8 Å². The lowest BCUT2D eigenvalue weighted by Crippen LogP contribution is -2.28. The Bertz CT molecular complexity index is 668. The average molecular weight is 346 g/mol. The van der Waals surface area contributed by atoms with Gasteiger partial charge in [0.2, 0.25) is 0 Å². The molecule has 0 saturated carbocycles. The molecule has 1 N–H and O–H groups in total. The highest BCUT2D eigenvalue weighted by Gasteiger charge is 2.40. The summed E-state index contributed by atoms with van der Waals surface area (Å²) in [5, 5.41) is 10.2. The van der Waals surface area contributed by atoms with Gasteiger partial charge in [0.25, 0.3) is 0 Å². The summed E-state index contributed by atoms with van der Waals surface area (Å²) < 4.78 is 11.0. The Morgan fingerprint density at radius 3 is 2.72 bits per heavy atom. The minimum Gasteiger partial charge on any atom is -0.454 e. The fourth-order valence-electron chi connectivity index (χ4n) is 3.10. The van der Waals surface area contributed by atoms with Crippen molar-refractivity contribution in [3.05, 3.63) is 47.1 Å². The standard InChI is InChI=1S/C20H26O5/c1-6-12(3)19(22)24-17-10-16-14(5)20(23)25-18(16)8-11(2)7-15(21)9-13(17)4/h6,8-9,15-18,21H,5,7,10H2,1-4H3/b11-8-,12-6-,13-9-/t15-,16-,17-,18+/m0/s1. The zero-order valence-electron chi connectivity index (χ0n) is 15.2. The van der Waals surface area contributed by atoms with Gasteiger partial charge in [0.15, 0.2) is 0 Å². The highest BCUT2D eigenvalue weighted by atomic mass is 16.6. The first-order valence-electron chi connectivity index (χ1n) is 8.50. The van der Waals surface area contributed by atoms with E-state index in [-0.39, 0.29) is 5.92 Å². The van der Waals surface area contributed by atoms with Gasteiger partial charge in [0, 0.05) is 17.1 Å². The Balaban J connectivity index is 2.36. The zero-order valence-corrected chi connectivity index (χ0v) is 15.2. The monoisotopic (exact) mass is 346 g/mol. The molecule has 0 bridgehead atoms. The number of fused-ring (bicyclic) bond motifs is 1. The van der Waals surface area contributed by atoms with Crippen LogP contribution < -0.4 is 0 Å². The Kier molecular flexibility index (Phi) is 6.01. The molecule has 1 aliphatic carbocycles. The first-order valence-corrected chi connectivity index (χ1v) is 8.50. The van der Waals surface area contributed by atoms with Crippen LogP contribution in [0.25, 0.3) is 0 Å². The number of ether oxygens (including phenoxy) is 2. The maximum Gasteiger partial charge on any atom is 0.334 e. The molecule has 25 heavy (non-hydrogen) atoms. The van der Waals surface area contributed by atoms with Gasteiger partial charge in [-0.2, -0.15) is 0 Å². The summed E-state index contributed by atoms with van der Waals surface area (Å²) in [6, 6.07) is 0. The molecule has 0 radical (unpaired) electrons. The quantitative estimate of drug-likeness (QED) is 0.473. The highest BCUT2D eigenvalue weighted by molar-refractivity contribution is 5.91. The zero-order chi connectivity index (χ0) is 18.7. The molecule has 1 heterocycles. The molecule has 1 fully saturated rings. The molecular formula is C20H26O5. The third-order valence-electron chi connectivity index (χ3n) is 4.76. The third-order valence-corrected chi connectivity index (χ3v) is 4.76. The minimum atomic E-state index is -0.683. The van der Waals surface area contributed by atoms with Crippen molar-refractivity contribution in [1.82, 2.24) is 0 Å². The first-order chi connectivity index (χ1) is 11.7. The molecule has 0 aromatic rings. The smallest absolute Gasteiger partial charge is 0.334 e. The number of aliphatic hydroxyl groups excluding tert-OH is 1. The summed E-state index contributed by atoms with van der Waals surface area (Å²) in [7, 11) is 0. The van der Waals surface area contributed by atoms with Gasteiger partial charge in [-0.15, -0.1) is 0 Å². The lowest BCUT2D eigenvalue weighted by Gasteiger charge is -2.26. The predicted molar refractivity (Wildman–Crippen MR) is 94.6 cm³/mol. The van der Waals surface area contributed by atoms with Crippen molar-refractivity contribution < 1.29 is 24.2 Å². The summed E-state index contributed by atoms with van der Waals surface area (Å²) in [5.41, 5.74) is 2.60. The van der Waals surface area contributed by atoms with Crippen LogP contribution in [0.2, 0.25) is 0 Å². The lowest BCUT2D eigenvalue weighted by atomic mass is 9.86. The van der Waals surface area contributed by atoms with Gasteiger partial charge < -0.3 is 14.6 Å². The van der Waals surface area contributed by atoms with Gasteiger partial charge in [-0.3, -0.25) is 0 Å². The third kappa shape index (κ3) is 4.48. The van der Waals surface area contributed by atoms with E-state index in [0.29, 0.717) is 24.0 Å². The number of hydrogen-bond acceptors (Lipinski definition) is 5. The van der Waals surface area contributed by atoms with Gasteiger partial charge in [-0.05, 0) is 52.2 Å². The van der Waals surface area contributed by atoms with E-state index in [2.05, 4.69) is 6.58 Å². The van der Waals surface area contributed by atoms with Crippen molar-refractivity contribution in [2.45, 2.75) is 58.8 Å². The summed E-state index contributed by atoms with van der Waals surface area (Å²) in [6.45, 7) is 11.0. The maximum absolute atomic E-state index is 12.2. The van der Waals surface area contributed by atoms with Crippen LogP contribution in [0.4, 0.5) is 0 Å². The summed E-state index contributed by atoms with van der Waals surface area (Å²) >= 11 is 0. The molecule has 4 atom stereocenters. The fraction of sp³-hybridized carbons (Fsp3) is 0.500. The average Bonchev–Trinajstić information content (AvgIpc) is 2.79. The van der Waals surface area contributed by atoms with Crippen LogP contribution in [0.3, 0.4) is 0 Å². The molecule has 0 amide bonds. The number of hydrogen-bond donors (Lipinski definition) is 1. The lowest BCUT2D eigenvalue weighted by molar-refractivity contribution is -0.144. The fourth-order valence-corrected chi connectivity index (χ4v) is 3.10. The normalized spacial score (nSPS) is 35.0. The van der Waals surface area contributed by atoms with Crippen LogP contribution in [0.5, 0.6) is 0 Å². The van der Waals surface area contributed by atoms with Crippen molar-refractivity contribution in [2.24, 2.45) is 5.92 Å². The number of carbonyl (C=O) groups excluding carboxylic acids is 2. The molecule has 1 saturated heterocycles. The molecule has 5 heteroatoms. The molecule has 2 rings (SSSR count). The first kappa shape index (κ1) is 19.2. The van der Waals surface area contributed by atoms with Crippen molar-refractivity contribution in [1.29, 1.82) is 0 Å². The van der Waals surface area contributed by atoms with E-state index in [4.69, 9.17) is 9.47 Å². The molecular weight excluding hydrogens is 320 g/mol. The second-order valence-electron chi connectivity index (χ2n) is 6.80. The van der Waals surface area contributed by atoms with Gasteiger partial charge in [-0.1, -0.05) is 24.3 Å². The van der Waals surface area contributed by atoms with E-state index >= 15 is 0 Å². The largest absolute Gasteiger partial charge is 0.454 e. The van der Waals surface area contributed by atoms with Crippen molar-refractivity contribution in [3.63, 3.8) is 0 Å². The molecule has 0 spiro atoms. The van der Waals surface area contributed by atoms with Crippen LogP contribution in [0.1, 0.15) is 40.5 Å². The molecule has 2 aliphatic rings. The van der Waals surface area contributed by atoms with Crippen LogP contribution in [0.15, 0.2) is 47.1 Å². The van der Waals surface area contributed by atoms with E-state index in [1.165, 1.54) is 0 Å². The SMILES string of the molecule is C=C1C(=O)O[C@@H]2/C=C(/C)C[C@H](O)/C=C(/C)[C@@H](OC(=O)/C(C)=C\C)C[C@@H]12. The Morgan fingerprint density at radius 2 is 2.08 bits per heavy atom. The predicted octanol–water partition coefficient (Wildman–Crippen LogP) is 3.01. The Labute approximate surface area is 148 Å². The van der Waals surface area contributed by atoms with Gasteiger partial charge >= 0.3 is 11.9 Å². The second kappa shape index (κ2) is 7.83. The van der Waals surface area contributed by atoms with Crippen LogP contribution in [-0.4, -0.2) is 35.4 Å². The van der Waals surface area contributed by atoms with Gasteiger partial charge in [0.1, 0.15) is 12.2 Å².